The second-order valence-electron chi connectivity index (χ2n) is 4.58. The Bertz CT molecular complexity index is 650. The van der Waals surface area contributed by atoms with Gasteiger partial charge in [0, 0.05) is 0 Å². The van der Waals surface area contributed by atoms with E-state index in [2.05, 4.69) is 10.3 Å². The third-order valence-electron chi connectivity index (χ3n) is 3.12. The van der Waals surface area contributed by atoms with Crippen molar-refractivity contribution in [3.05, 3.63) is 41.8 Å². The van der Waals surface area contributed by atoms with Crippen LogP contribution in [-0.4, -0.2) is 28.0 Å². The molecule has 0 aliphatic carbocycles. The number of carbonyl (C=O) groups excluding carboxylic acids is 1. The molecule has 2 aromatic heterocycles. The summed E-state index contributed by atoms with van der Waals surface area (Å²) in [6.45, 7) is 3.40. The quantitative estimate of drug-likeness (QED) is 0.880. The molecule has 0 aliphatic heterocycles. The van der Waals surface area contributed by atoms with Crippen LogP contribution in [0.1, 0.15) is 29.4 Å². The van der Waals surface area contributed by atoms with Crippen molar-refractivity contribution >= 4 is 11.9 Å². The van der Waals surface area contributed by atoms with E-state index < -0.39 is 17.9 Å². The van der Waals surface area contributed by atoms with Gasteiger partial charge < -0.3 is 14.8 Å². The summed E-state index contributed by atoms with van der Waals surface area (Å²) in [5.74, 6) is -0.883. The molecule has 0 fully saturated rings. The van der Waals surface area contributed by atoms with E-state index in [1.54, 1.807) is 44.4 Å². The van der Waals surface area contributed by atoms with Gasteiger partial charge in [0.1, 0.15) is 11.7 Å². The van der Waals surface area contributed by atoms with Crippen LogP contribution in [0.4, 0.5) is 0 Å². The van der Waals surface area contributed by atoms with Crippen molar-refractivity contribution in [2.45, 2.75) is 26.3 Å². The average Bonchev–Trinajstić information content (AvgIpc) is 2.98. The smallest absolute Gasteiger partial charge is 0.326 e. The maximum atomic E-state index is 12.1. The standard InChI is InChI=1S/C15H16N2O4/c1-3-11(15(19)20)17-14(18)10-6-7-12(16-9(10)2)13-5-4-8-21-13/h4-8,11H,3H2,1-2H3,(H,17,18)(H,19,20). The van der Waals surface area contributed by atoms with E-state index in [9.17, 15) is 9.59 Å². The predicted molar refractivity (Wildman–Crippen MR) is 75.9 cm³/mol. The number of furan rings is 1. The van der Waals surface area contributed by atoms with Crippen LogP contribution in [0.25, 0.3) is 11.5 Å². The van der Waals surface area contributed by atoms with Crippen molar-refractivity contribution in [2.75, 3.05) is 0 Å². The van der Waals surface area contributed by atoms with E-state index in [0.29, 0.717) is 29.1 Å². The molecule has 1 amide bonds. The minimum Gasteiger partial charge on any atom is -0.480 e. The molecule has 2 N–H and O–H groups in total. The molecule has 0 spiro atoms. The number of hydrogen-bond acceptors (Lipinski definition) is 4. The number of pyridine rings is 1. The molecule has 1 atom stereocenters. The number of rotatable bonds is 5. The van der Waals surface area contributed by atoms with Gasteiger partial charge in [-0.3, -0.25) is 4.79 Å². The Balaban J connectivity index is 2.21. The van der Waals surface area contributed by atoms with Crippen LogP contribution in [0, 0.1) is 6.92 Å². The first-order valence-corrected chi connectivity index (χ1v) is 6.58. The second kappa shape index (κ2) is 6.21. The summed E-state index contributed by atoms with van der Waals surface area (Å²) in [7, 11) is 0. The maximum absolute atomic E-state index is 12.1. The molecule has 2 rings (SSSR count). The molecule has 2 aromatic rings. The van der Waals surface area contributed by atoms with Gasteiger partial charge in [0.2, 0.25) is 0 Å². The Hall–Kier alpha value is -2.63. The van der Waals surface area contributed by atoms with Crippen LogP contribution in [0.15, 0.2) is 34.9 Å². The summed E-state index contributed by atoms with van der Waals surface area (Å²) in [6.07, 6.45) is 1.86. The first kappa shape index (κ1) is 14.8. The fraction of sp³-hybridized carbons (Fsp3) is 0.267. The first-order chi connectivity index (χ1) is 10.0. The highest BCUT2D eigenvalue weighted by atomic mass is 16.4. The summed E-state index contributed by atoms with van der Waals surface area (Å²) in [4.78, 5) is 27.4. The Morgan fingerprint density at radius 2 is 2.14 bits per heavy atom. The van der Waals surface area contributed by atoms with Gasteiger partial charge in [0.25, 0.3) is 5.91 Å². The van der Waals surface area contributed by atoms with Crippen LogP contribution >= 0.6 is 0 Å². The van der Waals surface area contributed by atoms with Crippen LogP contribution in [-0.2, 0) is 4.79 Å². The number of carboxylic acids is 1. The number of hydrogen-bond donors (Lipinski definition) is 2. The molecule has 0 radical (unpaired) electrons. The lowest BCUT2D eigenvalue weighted by atomic mass is 10.1. The highest BCUT2D eigenvalue weighted by Gasteiger charge is 2.20. The Morgan fingerprint density at radius 1 is 1.38 bits per heavy atom. The van der Waals surface area contributed by atoms with Gasteiger partial charge >= 0.3 is 5.97 Å². The van der Waals surface area contributed by atoms with Gasteiger partial charge in [-0.2, -0.15) is 0 Å². The minimum atomic E-state index is -1.05. The maximum Gasteiger partial charge on any atom is 0.326 e. The average molecular weight is 288 g/mol. The molecule has 2 heterocycles. The van der Waals surface area contributed by atoms with E-state index >= 15 is 0 Å². The SMILES string of the molecule is CCC(NC(=O)c1ccc(-c2ccco2)nc1C)C(=O)O. The summed E-state index contributed by atoms with van der Waals surface area (Å²) in [6, 6.07) is 5.92. The molecule has 6 heteroatoms. The third-order valence-corrected chi connectivity index (χ3v) is 3.12. The molecule has 6 nitrogen and oxygen atoms in total. The topological polar surface area (TPSA) is 92.4 Å². The van der Waals surface area contributed by atoms with E-state index in [1.807, 2.05) is 0 Å². The minimum absolute atomic E-state index is 0.317. The normalized spacial score (nSPS) is 11.9. The molecule has 110 valence electrons. The van der Waals surface area contributed by atoms with E-state index in [-0.39, 0.29) is 0 Å². The monoisotopic (exact) mass is 288 g/mol. The lowest BCUT2D eigenvalue weighted by molar-refractivity contribution is -0.139. The van der Waals surface area contributed by atoms with Gasteiger partial charge in [-0.1, -0.05) is 6.92 Å². The summed E-state index contributed by atoms with van der Waals surface area (Å²) < 4.78 is 5.25. The number of amides is 1. The molecule has 21 heavy (non-hydrogen) atoms. The predicted octanol–water partition coefficient (Wildman–Crippen LogP) is 2.24. The molecule has 0 saturated carbocycles. The second-order valence-corrected chi connectivity index (χ2v) is 4.58. The van der Waals surface area contributed by atoms with E-state index in [1.165, 1.54) is 0 Å². The van der Waals surface area contributed by atoms with Gasteiger partial charge in [0.05, 0.1) is 17.5 Å². The Kier molecular flexibility index (Phi) is 4.37. The number of carbonyl (C=O) groups is 2. The number of nitrogens with one attached hydrogen (secondary N) is 1. The molecule has 1 unspecified atom stereocenters. The first-order valence-electron chi connectivity index (χ1n) is 6.58. The van der Waals surface area contributed by atoms with Crippen LogP contribution in [0.5, 0.6) is 0 Å². The lowest BCUT2D eigenvalue weighted by Crippen LogP contribution is -2.40. The summed E-state index contributed by atoms with van der Waals surface area (Å²) >= 11 is 0. The van der Waals surface area contributed by atoms with Crippen LogP contribution < -0.4 is 5.32 Å². The number of aryl methyl sites for hydroxylation is 1. The van der Waals surface area contributed by atoms with Crippen molar-refractivity contribution in [3.63, 3.8) is 0 Å². The fourth-order valence-corrected chi connectivity index (χ4v) is 1.94. The largest absolute Gasteiger partial charge is 0.480 e. The zero-order chi connectivity index (χ0) is 15.4. The Morgan fingerprint density at radius 3 is 2.67 bits per heavy atom. The van der Waals surface area contributed by atoms with Gasteiger partial charge in [-0.25, -0.2) is 9.78 Å². The molecule has 0 aromatic carbocycles. The number of nitrogens with zero attached hydrogens (tertiary/aromatic N) is 1. The molecule has 0 aliphatic rings. The van der Waals surface area contributed by atoms with Crippen molar-refractivity contribution < 1.29 is 19.1 Å². The van der Waals surface area contributed by atoms with Gasteiger partial charge in [-0.15, -0.1) is 0 Å². The highest BCUT2D eigenvalue weighted by molar-refractivity contribution is 5.97. The summed E-state index contributed by atoms with van der Waals surface area (Å²) in [5, 5.41) is 11.4. The van der Waals surface area contributed by atoms with Crippen molar-refractivity contribution in [3.8, 4) is 11.5 Å². The van der Waals surface area contributed by atoms with Crippen LogP contribution in [0.3, 0.4) is 0 Å². The number of aliphatic carboxylic acids is 1. The van der Waals surface area contributed by atoms with Crippen LogP contribution in [0.2, 0.25) is 0 Å². The van der Waals surface area contributed by atoms with Gasteiger partial charge in [-0.05, 0) is 37.6 Å². The third kappa shape index (κ3) is 3.28. The fourth-order valence-electron chi connectivity index (χ4n) is 1.94. The lowest BCUT2D eigenvalue weighted by Gasteiger charge is -2.13. The van der Waals surface area contributed by atoms with E-state index in [0.717, 1.165) is 0 Å². The van der Waals surface area contributed by atoms with Crippen molar-refractivity contribution in [2.24, 2.45) is 0 Å². The summed E-state index contributed by atoms with van der Waals surface area (Å²) in [5.41, 5.74) is 1.49. The van der Waals surface area contributed by atoms with Crippen molar-refractivity contribution in [1.29, 1.82) is 0 Å². The molecule has 0 bridgehead atoms. The molecular weight excluding hydrogens is 272 g/mol. The van der Waals surface area contributed by atoms with Crippen molar-refractivity contribution in [1.82, 2.24) is 10.3 Å². The molecular formula is C15H16N2O4. The zero-order valence-electron chi connectivity index (χ0n) is 11.8. The molecule has 0 saturated heterocycles. The number of carboxylic acid groups (broad SMARTS) is 1. The van der Waals surface area contributed by atoms with E-state index in [4.69, 9.17) is 9.52 Å². The zero-order valence-corrected chi connectivity index (χ0v) is 11.8. The van der Waals surface area contributed by atoms with Gasteiger partial charge in [0.15, 0.2) is 5.76 Å². The number of aromatic nitrogens is 1. The Labute approximate surface area is 121 Å². The highest BCUT2D eigenvalue weighted by Crippen LogP contribution is 2.19.